The number of benzene rings is 2. The Kier molecular flexibility index (Phi) is 4.73. The highest BCUT2D eigenvalue weighted by atomic mass is 79.9. The first-order chi connectivity index (χ1) is 9.47. The Bertz CT molecular complexity index is 594. The van der Waals surface area contributed by atoms with Crippen molar-refractivity contribution in [3.8, 4) is 11.5 Å². The lowest BCUT2D eigenvalue weighted by atomic mass is 10.1. The van der Waals surface area contributed by atoms with Gasteiger partial charge in [-0.05, 0) is 59.1 Å². The van der Waals surface area contributed by atoms with Crippen molar-refractivity contribution >= 4 is 15.9 Å². The Balaban J connectivity index is 2.31. The van der Waals surface area contributed by atoms with Gasteiger partial charge in [-0.1, -0.05) is 12.1 Å². The molecule has 1 atom stereocenters. The summed E-state index contributed by atoms with van der Waals surface area (Å²) in [5, 5.41) is 0. The minimum absolute atomic E-state index is 0.163. The average molecular weight is 342 g/mol. The zero-order valence-corrected chi connectivity index (χ0v) is 12.5. The van der Waals surface area contributed by atoms with Crippen molar-refractivity contribution in [3.05, 3.63) is 58.1 Å². The van der Waals surface area contributed by atoms with E-state index in [0.717, 1.165) is 0 Å². The molecule has 0 fully saturated rings. The summed E-state index contributed by atoms with van der Waals surface area (Å²) in [7, 11) is 0. The zero-order chi connectivity index (χ0) is 14.7. The molecule has 2 aromatic rings. The van der Waals surface area contributed by atoms with Gasteiger partial charge in [0, 0.05) is 6.04 Å². The molecule has 2 nitrogen and oxygen atoms in total. The lowest BCUT2D eigenvalue weighted by molar-refractivity contribution is 0.404. The summed E-state index contributed by atoms with van der Waals surface area (Å²) in [5.41, 5.74) is 6.13. The van der Waals surface area contributed by atoms with Crippen LogP contribution < -0.4 is 10.5 Å². The second-order valence-electron chi connectivity index (χ2n) is 4.60. The monoisotopic (exact) mass is 341 g/mol. The lowest BCUT2D eigenvalue weighted by Crippen LogP contribution is -2.18. The summed E-state index contributed by atoms with van der Waals surface area (Å²) in [4.78, 5) is 0. The van der Waals surface area contributed by atoms with Gasteiger partial charge >= 0.3 is 0 Å². The Labute approximate surface area is 124 Å². The fourth-order valence-electron chi connectivity index (χ4n) is 1.84. The Morgan fingerprint density at radius 3 is 2.35 bits per heavy atom. The molecule has 106 valence electrons. The zero-order valence-electron chi connectivity index (χ0n) is 10.9. The lowest BCUT2D eigenvalue weighted by Gasteiger charge is -2.12. The maximum Gasteiger partial charge on any atom is 0.198 e. The number of para-hydroxylation sites is 1. The van der Waals surface area contributed by atoms with E-state index in [0.29, 0.717) is 22.2 Å². The third kappa shape index (κ3) is 3.55. The van der Waals surface area contributed by atoms with Crippen LogP contribution in [0.5, 0.6) is 11.5 Å². The summed E-state index contributed by atoms with van der Waals surface area (Å²) in [6, 6.07) is 9.20. The minimum Gasteiger partial charge on any atom is -0.450 e. The van der Waals surface area contributed by atoms with Crippen molar-refractivity contribution in [1.82, 2.24) is 0 Å². The van der Waals surface area contributed by atoms with Gasteiger partial charge in [0.1, 0.15) is 5.75 Å². The van der Waals surface area contributed by atoms with E-state index >= 15 is 0 Å². The van der Waals surface area contributed by atoms with Crippen LogP contribution in [-0.4, -0.2) is 6.04 Å². The molecule has 0 saturated carbocycles. The van der Waals surface area contributed by atoms with Gasteiger partial charge in [-0.25, -0.2) is 8.78 Å². The van der Waals surface area contributed by atoms with Crippen molar-refractivity contribution < 1.29 is 13.5 Å². The highest BCUT2D eigenvalue weighted by molar-refractivity contribution is 9.10. The summed E-state index contributed by atoms with van der Waals surface area (Å²) < 4.78 is 33.8. The predicted octanol–water partition coefficient (Wildman–Crippen LogP) is 4.41. The van der Waals surface area contributed by atoms with E-state index in [4.69, 9.17) is 10.5 Å². The van der Waals surface area contributed by atoms with Crippen LogP contribution in [0.4, 0.5) is 8.78 Å². The van der Waals surface area contributed by atoms with Crippen LogP contribution in [0.3, 0.4) is 0 Å². The van der Waals surface area contributed by atoms with E-state index < -0.39 is 17.4 Å². The normalized spacial score (nSPS) is 12.2. The van der Waals surface area contributed by atoms with E-state index in [2.05, 4.69) is 15.9 Å². The Morgan fingerprint density at radius 2 is 1.80 bits per heavy atom. The molecule has 1 unspecified atom stereocenters. The molecule has 2 aromatic carbocycles. The molecule has 0 spiro atoms. The van der Waals surface area contributed by atoms with Gasteiger partial charge in [-0.15, -0.1) is 0 Å². The van der Waals surface area contributed by atoms with Gasteiger partial charge in [0.25, 0.3) is 0 Å². The number of rotatable bonds is 4. The molecule has 0 aromatic heterocycles. The van der Waals surface area contributed by atoms with Crippen LogP contribution in [0.25, 0.3) is 0 Å². The summed E-state index contributed by atoms with van der Waals surface area (Å²) >= 11 is 3.26. The molecule has 20 heavy (non-hydrogen) atoms. The van der Waals surface area contributed by atoms with E-state index in [9.17, 15) is 8.78 Å². The standard InChI is InChI=1S/C15H14BrF2NO/c1-9(19)6-10-7-12(17)15(13(18)8-10)20-14-5-3-2-4-11(14)16/h2-5,7-9H,6,19H2,1H3. The number of hydrogen-bond donors (Lipinski definition) is 1. The summed E-state index contributed by atoms with van der Waals surface area (Å²) in [6.07, 6.45) is 0.406. The van der Waals surface area contributed by atoms with Crippen molar-refractivity contribution in [2.45, 2.75) is 19.4 Å². The Hall–Kier alpha value is -1.46. The van der Waals surface area contributed by atoms with Crippen molar-refractivity contribution in [3.63, 3.8) is 0 Å². The smallest absolute Gasteiger partial charge is 0.198 e. The number of hydrogen-bond acceptors (Lipinski definition) is 2. The first kappa shape index (κ1) is 14.9. The minimum atomic E-state index is -0.739. The van der Waals surface area contributed by atoms with E-state index in [1.165, 1.54) is 12.1 Å². The van der Waals surface area contributed by atoms with Gasteiger partial charge in [0.05, 0.1) is 4.47 Å². The van der Waals surface area contributed by atoms with Crippen molar-refractivity contribution in [2.75, 3.05) is 0 Å². The third-order valence-corrected chi connectivity index (χ3v) is 3.32. The molecule has 0 aliphatic carbocycles. The first-order valence-electron chi connectivity index (χ1n) is 6.13. The van der Waals surface area contributed by atoms with Gasteiger partial charge < -0.3 is 10.5 Å². The van der Waals surface area contributed by atoms with Crippen LogP contribution in [0.15, 0.2) is 40.9 Å². The molecular formula is C15H14BrF2NO. The molecule has 0 heterocycles. The largest absolute Gasteiger partial charge is 0.450 e. The fraction of sp³-hybridized carbons (Fsp3) is 0.200. The summed E-state index contributed by atoms with van der Waals surface area (Å²) in [5.74, 6) is -1.54. The SMILES string of the molecule is CC(N)Cc1cc(F)c(Oc2ccccc2Br)c(F)c1. The topological polar surface area (TPSA) is 35.2 Å². The fourth-order valence-corrected chi connectivity index (χ4v) is 2.20. The van der Waals surface area contributed by atoms with Crippen molar-refractivity contribution in [1.29, 1.82) is 0 Å². The molecule has 0 aliphatic heterocycles. The third-order valence-electron chi connectivity index (χ3n) is 2.66. The number of halogens is 3. The second-order valence-corrected chi connectivity index (χ2v) is 5.46. The number of nitrogens with two attached hydrogens (primary N) is 1. The highest BCUT2D eigenvalue weighted by Crippen LogP contribution is 2.33. The molecule has 0 amide bonds. The maximum absolute atomic E-state index is 14.0. The molecule has 0 bridgehead atoms. The van der Waals surface area contributed by atoms with Gasteiger partial charge in [0.2, 0.25) is 0 Å². The van der Waals surface area contributed by atoms with Crippen LogP contribution >= 0.6 is 15.9 Å². The molecule has 0 radical (unpaired) electrons. The van der Waals surface area contributed by atoms with Crippen molar-refractivity contribution in [2.24, 2.45) is 5.73 Å². The molecule has 2 rings (SSSR count). The molecular weight excluding hydrogens is 328 g/mol. The maximum atomic E-state index is 14.0. The van der Waals surface area contributed by atoms with Crippen LogP contribution in [0.2, 0.25) is 0 Å². The predicted molar refractivity (Wildman–Crippen MR) is 77.9 cm³/mol. The first-order valence-corrected chi connectivity index (χ1v) is 6.92. The average Bonchev–Trinajstić information content (AvgIpc) is 2.35. The van der Waals surface area contributed by atoms with Gasteiger partial charge in [-0.2, -0.15) is 0 Å². The second kappa shape index (κ2) is 6.33. The molecule has 0 saturated heterocycles. The van der Waals surface area contributed by atoms with Crippen LogP contribution in [0.1, 0.15) is 12.5 Å². The molecule has 5 heteroatoms. The molecule has 0 aliphatic rings. The van der Waals surface area contributed by atoms with Gasteiger partial charge in [-0.3, -0.25) is 0 Å². The van der Waals surface area contributed by atoms with Crippen LogP contribution in [-0.2, 0) is 6.42 Å². The highest BCUT2D eigenvalue weighted by Gasteiger charge is 2.15. The quantitative estimate of drug-likeness (QED) is 0.893. The molecule has 2 N–H and O–H groups in total. The van der Waals surface area contributed by atoms with Crippen LogP contribution in [0, 0.1) is 11.6 Å². The van der Waals surface area contributed by atoms with E-state index in [1.54, 1.807) is 31.2 Å². The van der Waals surface area contributed by atoms with Gasteiger partial charge in [0.15, 0.2) is 17.4 Å². The van der Waals surface area contributed by atoms with E-state index in [1.807, 2.05) is 0 Å². The van der Waals surface area contributed by atoms with E-state index in [-0.39, 0.29) is 6.04 Å². The summed E-state index contributed by atoms with van der Waals surface area (Å²) in [6.45, 7) is 1.78. The number of ether oxygens (including phenoxy) is 1. The Morgan fingerprint density at radius 1 is 1.20 bits per heavy atom.